The molecule has 6 nitrogen and oxygen atoms in total. The Labute approximate surface area is 230 Å². The molecule has 2 aliphatic carbocycles. The summed E-state index contributed by atoms with van der Waals surface area (Å²) in [5.74, 6) is 0.285. The molecule has 9 atom stereocenters. The van der Waals surface area contributed by atoms with Crippen LogP contribution >= 0.6 is 0 Å². The Balaban J connectivity index is 1.33. The van der Waals surface area contributed by atoms with Gasteiger partial charge in [0.2, 0.25) is 0 Å². The number of aliphatic hydroxyl groups is 1. The fraction of sp³-hybridized carbons (Fsp3) is 0.455. The van der Waals surface area contributed by atoms with Crippen LogP contribution in [-0.4, -0.2) is 50.0 Å². The van der Waals surface area contributed by atoms with E-state index in [0.29, 0.717) is 26.2 Å². The maximum Gasteiger partial charge on any atom is 0.146 e. The zero-order valence-corrected chi connectivity index (χ0v) is 22.4. The maximum atomic E-state index is 11.5. The molecule has 0 spiro atoms. The summed E-state index contributed by atoms with van der Waals surface area (Å²) >= 11 is 0. The first-order valence-electron chi connectivity index (χ1n) is 14.0. The van der Waals surface area contributed by atoms with Crippen LogP contribution in [0.1, 0.15) is 29.2 Å². The van der Waals surface area contributed by atoms with E-state index in [9.17, 15) is 5.11 Å². The quantitative estimate of drug-likeness (QED) is 0.273. The van der Waals surface area contributed by atoms with Crippen molar-refractivity contribution in [3.05, 3.63) is 108 Å². The summed E-state index contributed by atoms with van der Waals surface area (Å²) in [7, 11) is 1.63. The standard InChI is InChI=1S/C33H38O6/c1-35-21-36-20-25-17-26(34)28-29-27(25)31(37-18-22-11-5-2-6-12-22)33(38-19-23-13-7-3-8-14-23)32(29)39-30(28)24-15-9-4-10-16-24/h2-16,25-34H,17-21H2,1H3/t25-,26+,27-,28-,29+,30+,31+,32-,33-/m1/s1. The average Bonchev–Trinajstić information content (AvgIpc) is 3.51. The average molecular weight is 531 g/mol. The number of ether oxygens (including phenoxy) is 5. The Kier molecular flexibility index (Phi) is 8.40. The van der Waals surface area contributed by atoms with Crippen molar-refractivity contribution in [3.63, 3.8) is 0 Å². The first-order chi connectivity index (χ1) is 19.2. The third-order valence-electron chi connectivity index (χ3n) is 8.71. The van der Waals surface area contributed by atoms with Crippen LogP contribution in [-0.2, 0) is 36.9 Å². The molecule has 0 radical (unpaired) electrons. The zero-order valence-electron chi connectivity index (χ0n) is 22.4. The van der Waals surface area contributed by atoms with Crippen LogP contribution in [0.5, 0.6) is 0 Å². The monoisotopic (exact) mass is 530 g/mol. The van der Waals surface area contributed by atoms with E-state index in [-0.39, 0.29) is 54.9 Å². The van der Waals surface area contributed by atoms with Gasteiger partial charge in [-0.25, -0.2) is 0 Å². The molecular formula is C33H38O6. The molecule has 0 amide bonds. The minimum absolute atomic E-state index is 0.0331. The van der Waals surface area contributed by atoms with Crippen molar-refractivity contribution in [2.75, 3.05) is 20.5 Å². The molecule has 39 heavy (non-hydrogen) atoms. The van der Waals surface area contributed by atoms with Crippen LogP contribution < -0.4 is 0 Å². The van der Waals surface area contributed by atoms with E-state index in [1.807, 2.05) is 54.6 Å². The zero-order chi connectivity index (χ0) is 26.6. The van der Waals surface area contributed by atoms with Gasteiger partial charge in [-0.3, -0.25) is 0 Å². The molecule has 3 aliphatic rings. The molecule has 6 heteroatoms. The Morgan fingerprint density at radius 3 is 1.95 bits per heavy atom. The van der Waals surface area contributed by atoms with Crippen LogP contribution in [0.4, 0.5) is 0 Å². The Hall–Kier alpha value is -2.58. The second-order valence-corrected chi connectivity index (χ2v) is 11.0. The first kappa shape index (κ1) is 26.6. The smallest absolute Gasteiger partial charge is 0.146 e. The summed E-state index contributed by atoms with van der Waals surface area (Å²) in [6.45, 7) is 1.69. The number of aliphatic hydroxyl groups excluding tert-OH is 1. The van der Waals surface area contributed by atoms with Crippen LogP contribution in [0, 0.1) is 23.7 Å². The summed E-state index contributed by atoms with van der Waals surface area (Å²) in [6.07, 6.45) is -0.694. The summed E-state index contributed by atoms with van der Waals surface area (Å²) in [6, 6.07) is 30.8. The predicted molar refractivity (Wildman–Crippen MR) is 147 cm³/mol. The molecule has 0 bridgehead atoms. The predicted octanol–water partition coefficient (Wildman–Crippen LogP) is 5.16. The lowest BCUT2D eigenvalue weighted by atomic mass is 9.64. The summed E-state index contributed by atoms with van der Waals surface area (Å²) < 4.78 is 31.4. The highest BCUT2D eigenvalue weighted by Crippen LogP contribution is 2.60. The van der Waals surface area contributed by atoms with Crippen molar-refractivity contribution < 1.29 is 28.8 Å². The van der Waals surface area contributed by atoms with E-state index in [1.54, 1.807) is 7.11 Å². The molecule has 0 unspecified atom stereocenters. The molecule has 1 heterocycles. The summed E-state index contributed by atoms with van der Waals surface area (Å²) in [4.78, 5) is 0. The van der Waals surface area contributed by atoms with Gasteiger partial charge in [0.05, 0.1) is 44.2 Å². The van der Waals surface area contributed by atoms with E-state index in [1.165, 1.54) is 0 Å². The third-order valence-corrected chi connectivity index (χ3v) is 8.71. The topological polar surface area (TPSA) is 66.4 Å². The van der Waals surface area contributed by atoms with Gasteiger partial charge >= 0.3 is 0 Å². The first-order valence-corrected chi connectivity index (χ1v) is 14.0. The van der Waals surface area contributed by atoms with Gasteiger partial charge in [-0.05, 0) is 34.9 Å². The minimum Gasteiger partial charge on any atom is -0.393 e. The molecule has 206 valence electrons. The van der Waals surface area contributed by atoms with Gasteiger partial charge in [0.1, 0.15) is 12.9 Å². The van der Waals surface area contributed by atoms with Crippen molar-refractivity contribution in [1.82, 2.24) is 0 Å². The summed E-state index contributed by atoms with van der Waals surface area (Å²) in [5.41, 5.74) is 3.34. The number of hydrogen-bond acceptors (Lipinski definition) is 6. The summed E-state index contributed by atoms with van der Waals surface area (Å²) in [5, 5.41) is 11.5. The molecule has 1 aliphatic heterocycles. The molecule has 1 N–H and O–H groups in total. The maximum absolute atomic E-state index is 11.5. The molecule has 2 saturated carbocycles. The van der Waals surface area contributed by atoms with E-state index >= 15 is 0 Å². The normalized spacial score (nSPS) is 33.2. The van der Waals surface area contributed by atoms with Gasteiger partial charge in [0.25, 0.3) is 0 Å². The lowest BCUT2D eigenvalue weighted by Crippen LogP contribution is -2.47. The highest BCUT2D eigenvalue weighted by atomic mass is 16.7. The molecule has 3 fully saturated rings. The van der Waals surface area contributed by atoms with E-state index in [2.05, 4.69) is 36.4 Å². The van der Waals surface area contributed by atoms with Crippen molar-refractivity contribution >= 4 is 0 Å². The van der Waals surface area contributed by atoms with Gasteiger partial charge in [-0.15, -0.1) is 0 Å². The van der Waals surface area contributed by atoms with E-state index in [4.69, 9.17) is 23.7 Å². The highest BCUT2D eigenvalue weighted by molar-refractivity contribution is 5.24. The molecule has 1 saturated heterocycles. The lowest BCUT2D eigenvalue weighted by molar-refractivity contribution is -0.155. The molecule has 3 aromatic carbocycles. The fourth-order valence-electron chi connectivity index (χ4n) is 7.17. The largest absolute Gasteiger partial charge is 0.393 e. The highest BCUT2D eigenvalue weighted by Gasteiger charge is 2.66. The van der Waals surface area contributed by atoms with Crippen molar-refractivity contribution in [2.45, 2.75) is 50.2 Å². The van der Waals surface area contributed by atoms with E-state index in [0.717, 1.165) is 16.7 Å². The Bertz CT molecular complexity index is 1160. The van der Waals surface area contributed by atoms with Crippen molar-refractivity contribution in [1.29, 1.82) is 0 Å². The molecule has 3 aromatic rings. The number of rotatable bonds is 11. The van der Waals surface area contributed by atoms with Crippen LogP contribution in [0.15, 0.2) is 91.0 Å². The Morgan fingerprint density at radius 1 is 0.744 bits per heavy atom. The number of benzene rings is 3. The Morgan fingerprint density at radius 2 is 1.33 bits per heavy atom. The van der Waals surface area contributed by atoms with E-state index < -0.39 is 6.10 Å². The molecule has 6 rings (SSSR count). The lowest BCUT2D eigenvalue weighted by Gasteiger charge is -2.43. The molecular weight excluding hydrogens is 492 g/mol. The minimum atomic E-state index is -0.500. The van der Waals surface area contributed by atoms with Gasteiger partial charge in [-0.1, -0.05) is 91.0 Å². The third kappa shape index (κ3) is 5.55. The fourth-order valence-corrected chi connectivity index (χ4v) is 7.17. The number of hydrogen-bond donors (Lipinski definition) is 1. The van der Waals surface area contributed by atoms with Crippen LogP contribution in [0.3, 0.4) is 0 Å². The second kappa shape index (κ2) is 12.3. The SMILES string of the molecule is COCOC[C@H]1C[C@H](O)[C@@H]2[C@H]3[C@@H](O[C@H]2c2ccccc2)[C@H](OCc2ccccc2)[C@@H](OCc2ccccc2)[C@H]13. The van der Waals surface area contributed by atoms with Gasteiger partial charge in [0.15, 0.2) is 0 Å². The van der Waals surface area contributed by atoms with Crippen molar-refractivity contribution in [3.8, 4) is 0 Å². The van der Waals surface area contributed by atoms with Crippen LogP contribution in [0.2, 0.25) is 0 Å². The van der Waals surface area contributed by atoms with Gasteiger partial charge in [-0.2, -0.15) is 0 Å². The van der Waals surface area contributed by atoms with Gasteiger partial charge < -0.3 is 28.8 Å². The van der Waals surface area contributed by atoms with Crippen LogP contribution in [0.25, 0.3) is 0 Å². The number of methoxy groups -OCH3 is 1. The second-order valence-electron chi connectivity index (χ2n) is 11.0. The van der Waals surface area contributed by atoms with Gasteiger partial charge in [0, 0.05) is 18.9 Å². The van der Waals surface area contributed by atoms with Crippen molar-refractivity contribution in [2.24, 2.45) is 23.7 Å². The molecule has 0 aromatic heterocycles.